The van der Waals surface area contributed by atoms with E-state index in [4.69, 9.17) is 0 Å². The standard InChI is InChI=1S/C13H18N2OS/c1-9-11(3)17-8-7-15(9)13-12(10(2)16)5-4-6-14-13/h4-6,9,11H,7-8H2,1-3H3. The van der Waals surface area contributed by atoms with Crippen molar-refractivity contribution in [2.24, 2.45) is 0 Å². The van der Waals surface area contributed by atoms with Gasteiger partial charge in [-0.1, -0.05) is 6.92 Å². The molecule has 2 rings (SSSR count). The van der Waals surface area contributed by atoms with Crippen molar-refractivity contribution in [3.05, 3.63) is 23.9 Å². The van der Waals surface area contributed by atoms with Crippen LogP contribution in [0.2, 0.25) is 0 Å². The summed E-state index contributed by atoms with van der Waals surface area (Å²) in [6.45, 7) is 7.01. The number of carbonyl (C=O) groups excluding carboxylic acids is 1. The summed E-state index contributed by atoms with van der Waals surface area (Å²) in [5.41, 5.74) is 0.735. The lowest BCUT2D eigenvalue weighted by Gasteiger charge is -2.39. The van der Waals surface area contributed by atoms with E-state index in [0.717, 1.165) is 23.7 Å². The Labute approximate surface area is 107 Å². The number of thioether (sulfide) groups is 1. The predicted molar refractivity (Wildman–Crippen MR) is 73.0 cm³/mol. The molecule has 0 aliphatic carbocycles. The topological polar surface area (TPSA) is 33.2 Å². The minimum absolute atomic E-state index is 0.0891. The van der Waals surface area contributed by atoms with Crippen LogP contribution in [0.15, 0.2) is 18.3 Å². The smallest absolute Gasteiger partial charge is 0.163 e. The van der Waals surface area contributed by atoms with Crippen molar-refractivity contribution >= 4 is 23.4 Å². The summed E-state index contributed by atoms with van der Waals surface area (Å²) < 4.78 is 0. The van der Waals surface area contributed by atoms with Crippen molar-refractivity contribution in [2.75, 3.05) is 17.2 Å². The molecule has 0 bridgehead atoms. The molecule has 0 spiro atoms. The number of aromatic nitrogens is 1. The number of rotatable bonds is 2. The Kier molecular flexibility index (Phi) is 3.72. The van der Waals surface area contributed by atoms with Gasteiger partial charge in [0.15, 0.2) is 5.78 Å². The molecule has 1 fully saturated rings. The summed E-state index contributed by atoms with van der Waals surface area (Å²) >= 11 is 1.98. The minimum Gasteiger partial charge on any atom is -0.351 e. The molecule has 3 nitrogen and oxygen atoms in total. The van der Waals surface area contributed by atoms with Gasteiger partial charge in [0, 0.05) is 29.8 Å². The van der Waals surface area contributed by atoms with Crippen molar-refractivity contribution in [1.29, 1.82) is 0 Å². The number of nitrogens with zero attached hydrogens (tertiary/aromatic N) is 2. The van der Waals surface area contributed by atoms with E-state index >= 15 is 0 Å². The number of carbonyl (C=O) groups is 1. The van der Waals surface area contributed by atoms with Crippen molar-refractivity contribution < 1.29 is 4.79 Å². The molecule has 1 aliphatic rings. The molecule has 0 amide bonds. The van der Waals surface area contributed by atoms with Crippen LogP contribution >= 0.6 is 11.8 Å². The van der Waals surface area contributed by atoms with Crippen molar-refractivity contribution in [3.8, 4) is 0 Å². The molecule has 2 unspecified atom stereocenters. The molecule has 1 saturated heterocycles. The summed E-state index contributed by atoms with van der Waals surface area (Å²) in [6.07, 6.45) is 1.76. The van der Waals surface area contributed by atoms with Gasteiger partial charge in [0.25, 0.3) is 0 Å². The molecule has 17 heavy (non-hydrogen) atoms. The van der Waals surface area contributed by atoms with Gasteiger partial charge in [0.1, 0.15) is 5.82 Å². The monoisotopic (exact) mass is 250 g/mol. The lowest BCUT2D eigenvalue weighted by molar-refractivity contribution is 0.101. The number of pyridine rings is 1. The van der Waals surface area contributed by atoms with Gasteiger partial charge in [-0.25, -0.2) is 4.98 Å². The van der Waals surface area contributed by atoms with Crippen molar-refractivity contribution in [1.82, 2.24) is 4.98 Å². The quantitative estimate of drug-likeness (QED) is 0.755. The molecule has 0 aromatic carbocycles. The zero-order valence-corrected chi connectivity index (χ0v) is 11.3. The molecule has 0 N–H and O–H groups in total. The molecule has 4 heteroatoms. The van der Waals surface area contributed by atoms with Gasteiger partial charge >= 0.3 is 0 Å². The Morgan fingerprint density at radius 3 is 3.00 bits per heavy atom. The molecule has 1 aromatic heterocycles. The van der Waals surface area contributed by atoms with E-state index in [9.17, 15) is 4.79 Å². The summed E-state index contributed by atoms with van der Waals surface area (Å²) in [5.74, 6) is 2.03. The van der Waals surface area contributed by atoms with Gasteiger partial charge in [-0.2, -0.15) is 11.8 Å². The first-order valence-corrected chi connectivity index (χ1v) is 7.00. The number of hydrogen-bond acceptors (Lipinski definition) is 4. The first-order chi connectivity index (χ1) is 8.11. The van der Waals surface area contributed by atoms with Crippen molar-refractivity contribution in [2.45, 2.75) is 32.1 Å². The molecule has 1 aromatic rings. The third-order valence-electron chi connectivity index (χ3n) is 3.32. The predicted octanol–water partition coefficient (Wildman–Crippen LogP) is 2.61. The SMILES string of the molecule is CC(=O)c1cccnc1N1CCSC(C)C1C. The van der Waals surface area contributed by atoms with Crippen LogP contribution in [0.1, 0.15) is 31.1 Å². The first kappa shape index (κ1) is 12.4. The third kappa shape index (κ3) is 2.46. The average molecular weight is 250 g/mol. The lowest BCUT2D eigenvalue weighted by atomic mass is 10.1. The van der Waals surface area contributed by atoms with Crippen LogP contribution in [-0.4, -0.2) is 34.4 Å². The van der Waals surface area contributed by atoms with Gasteiger partial charge in [-0.15, -0.1) is 0 Å². The molecular weight excluding hydrogens is 232 g/mol. The number of anilines is 1. The fraction of sp³-hybridized carbons (Fsp3) is 0.538. The van der Waals surface area contributed by atoms with Crippen LogP contribution in [0, 0.1) is 0 Å². The summed E-state index contributed by atoms with van der Waals surface area (Å²) in [6, 6.07) is 4.11. The van der Waals surface area contributed by atoms with Gasteiger partial charge < -0.3 is 4.90 Å². The molecule has 1 aliphatic heterocycles. The second-order valence-electron chi connectivity index (χ2n) is 4.44. The van der Waals surface area contributed by atoms with Crippen LogP contribution in [0.5, 0.6) is 0 Å². The highest BCUT2D eigenvalue weighted by Crippen LogP contribution is 2.29. The Bertz CT molecular complexity index is 422. The van der Waals surface area contributed by atoms with E-state index in [1.165, 1.54) is 0 Å². The van der Waals surface area contributed by atoms with Gasteiger partial charge in [0.05, 0.1) is 5.56 Å². The zero-order valence-electron chi connectivity index (χ0n) is 10.5. The van der Waals surface area contributed by atoms with Crippen molar-refractivity contribution in [3.63, 3.8) is 0 Å². The van der Waals surface area contributed by atoms with E-state index < -0.39 is 0 Å². The highest BCUT2D eigenvalue weighted by atomic mass is 32.2. The van der Waals surface area contributed by atoms with Crippen LogP contribution in [0.4, 0.5) is 5.82 Å². The second-order valence-corrected chi connectivity index (χ2v) is 5.93. The van der Waals surface area contributed by atoms with Gasteiger partial charge in [-0.05, 0) is 26.0 Å². The fourth-order valence-corrected chi connectivity index (χ4v) is 3.23. The maximum Gasteiger partial charge on any atom is 0.163 e. The summed E-state index contributed by atoms with van der Waals surface area (Å²) in [4.78, 5) is 18.3. The molecule has 0 saturated carbocycles. The van der Waals surface area contributed by atoms with Crippen LogP contribution in [-0.2, 0) is 0 Å². The van der Waals surface area contributed by atoms with E-state index in [2.05, 4.69) is 23.7 Å². The summed E-state index contributed by atoms with van der Waals surface area (Å²) in [5, 5.41) is 0.575. The van der Waals surface area contributed by atoms with E-state index in [1.807, 2.05) is 23.9 Å². The van der Waals surface area contributed by atoms with E-state index in [-0.39, 0.29) is 5.78 Å². The van der Waals surface area contributed by atoms with Crippen LogP contribution in [0.3, 0.4) is 0 Å². The Morgan fingerprint density at radius 2 is 2.29 bits per heavy atom. The van der Waals surface area contributed by atoms with Gasteiger partial charge in [-0.3, -0.25) is 4.79 Å². The third-order valence-corrected chi connectivity index (χ3v) is 4.66. The molecule has 92 valence electrons. The average Bonchev–Trinajstić information content (AvgIpc) is 2.33. The molecular formula is C13H18N2OS. The van der Waals surface area contributed by atoms with Crippen LogP contribution < -0.4 is 4.90 Å². The molecule has 0 radical (unpaired) electrons. The Hall–Kier alpha value is -1.03. The maximum absolute atomic E-state index is 11.6. The summed E-state index contributed by atoms with van der Waals surface area (Å²) in [7, 11) is 0. The van der Waals surface area contributed by atoms with E-state index in [1.54, 1.807) is 13.1 Å². The maximum atomic E-state index is 11.6. The molecule has 2 heterocycles. The highest BCUT2D eigenvalue weighted by molar-refractivity contribution is 8.00. The largest absolute Gasteiger partial charge is 0.351 e. The highest BCUT2D eigenvalue weighted by Gasteiger charge is 2.28. The Balaban J connectivity index is 2.36. The normalized spacial score (nSPS) is 24.8. The molecule has 2 atom stereocenters. The number of ketones is 1. The Morgan fingerprint density at radius 1 is 1.53 bits per heavy atom. The first-order valence-electron chi connectivity index (χ1n) is 5.95. The second kappa shape index (κ2) is 5.08. The zero-order chi connectivity index (χ0) is 12.4. The number of Topliss-reactive ketones (excluding diaryl/α,β-unsaturated/α-hetero) is 1. The fourth-order valence-electron chi connectivity index (χ4n) is 2.13. The lowest BCUT2D eigenvalue weighted by Crippen LogP contribution is -2.45. The van der Waals surface area contributed by atoms with E-state index in [0.29, 0.717) is 11.3 Å². The van der Waals surface area contributed by atoms with Crippen LogP contribution in [0.25, 0.3) is 0 Å². The minimum atomic E-state index is 0.0891. The van der Waals surface area contributed by atoms with Gasteiger partial charge in [0.2, 0.25) is 0 Å². The number of hydrogen-bond donors (Lipinski definition) is 0.